The number of rotatable bonds is 5. The summed E-state index contributed by atoms with van der Waals surface area (Å²) in [7, 11) is 1.69. The highest BCUT2D eigenvalue weighted by Gasteiger charge is 2.34. The molecule has 1 atom stereocenters. The molecule has 0 aliphatic rings. The predicted molar refractivity (Wildman–Crippen MR) is 68.8 cm³/mol. The van der Waals surface area contributed by atoms with E-state index in [1.807, 2.05) is 0 Å². The van der Waals surface area contributed by atoms with Crippen LogP contribution in [0.3, 0.4) is 0 Å². The minimum absolute atomic E-state index is 0.308. The summed E-state index contributed by atoms with van der Waals surface area (Å²) < 4.78 is 5.25. The van der Waals surface area contributed by atoms with Crippen molar-refractivity contribution >= 4 is 11.3 Å². The lowest BCUT2D eigenvalue weighted by molar-refractivity contribution is 0.104. The van der Waals surface area contributed by atoms with Crippen LogP contribution in [0.4, 0.5) is 0 Å². The fraction of sp³-hybridized carbons (Fsp3) is 0.750. The molecule has 3 nitrogen and oxygen atoms in total. The lowest BCUT2D eigenvalue weighted by atomic mass is 9.89. The Bertz CT molecular complexity index is 349. The number of methoxy groups -OCH3 is 1. The van der Waals surface area contributed by atoms with Gasteiger partial charge < -0.3 is 10.5 Å². The third-order valence-electron chi connectivity index (χ3n) is 3.04. The number of ether oxygens (including phenoxy) is 1. The highest BCUT2D eigenvalue weighted by Crippen LogP contribution is 2.32. The highest BCUT2D eigenvalue weighted by atomic mass is 32.1. The van der Waals surface area contributed by atoms with Crippen LogP contribution in [0.25, 0.3) is 0 Å². The van der Waals surface area contributed by atoms with Crippen LogP contribution in [0.15, 0.2) is 0 Å². The van der Waals surface area contributed by atoms with Crippen molar-refractivity contribution in [3.63, 3.8) is 0 Å². The van der Waals surface area contributed by atoms with E-state index in [0.717, 1.165) is 17.1 Å². The van der Waals surface area contributed by atoms with E-state index in [2.05, 4.69) is 32.7 Å². The van der Waals surface area contributed by atoms with Crippen LogP contribution < -0.4 is 5.73 Å². The Morgan fingerprint density at radius 2 is 2.12 bits per heavy atom. The SMILES string of the molecule is CCc1nc(C(N)(COC)C(C)C)sc1C. The van der Waals surface area contributed by atoms with Gasteiger partial charge in [0.1, 0.15) is 5.01 Å². The average Bonchev–Trinajstić information content (AvgIpc) is 2.60. The van der Waals surface area contributed by atoms with Crippen molar-refractivity contribution in [2.24, 2.45) is 11.7 Å². The zero-order chi connectivity index (χ0) is 12.3. The maximum atomic E-state index is 6.43. The van der Waals surface area contributed by atoms with Crippen LogP contribution >= 0.6 is 11.3 Å². The van der Waals surface area contributed by atoms with Crippen molar-refractivity contribution < 1.29 is 4.74 Å². The second-order valence-electron chi connectivity index (χ2n) is 4.50. The van der Waals surface area contributed by atoms with Gasteiger partial charge in [-0.05, 0) is 19.3 Å². The molecule has 1 unspecified atom stereocenters. The lowest BCUT2D eigenvalue weighted by Crippen LogP contribution is -2.46. The van der Waals surface area contributed by atoms with Gasteiger partial charge in [0.05, 0.1) is 17.8 Å². The quantitative estimate of drug-likeness (QED) is 0.863. The molecule has 0 saturated heterocycles. The van der Waals surface area contributed by atoms with Gasteiger partial charge in [0, 0.05) is 12.0 Å². The Morgan fingerprint density at radius 1 is 1.50 bits per heavy atom. The van der Waals surface area contributed by atoms with E-state index >= 15 is 0 Å². The van der Waals surface area contributed by atoms with E-state index < -0.39 is 5.54 Å². The van der Waals surface area contributed by atoms with Crippen LogP contribution in [0.5, 0.6) is 0 Å². The Hall–Kier alpha value is -0.450. The fourth-order valence-electron chi connectivity index (χ4n) is 1.67. The lowest BCUT2D eigenvalue weighted by Gasteiger charge is -2.30. The Kier molecular flexibility index (Phi) is 4.47. The molecule has 0 saturated carbocycles. The van der Waals surface area contributed by atoms with Gasteiger partial charge in [0.15, 0.2) is 0 Å². The van der Waals surface area contributed by atoms with Crippen LogP contribution in [0.1, 0.15) is 36.3 Å². The number of aromatic nitrogens is 1. The monoisotopic (exact) mass is 242 g/mol. The van der Waals surface area contributed by atoms with E-state index in [1.165, 1.54) is 4.88 Å². The fourth-order valence-corrected chi connectivity index (χ4v) is 2.91. The molecule has 2 N–H and O–H groups in total. The number of nitrogens with two attached hydrogens (primary N) is 1. The van der Waals surface area contributed by atoms with Crippen molar-refractivity contribution in [1.29, 1.82) is 0 Å². The number of nitrogens with zero attached hydrogens (tertiary/aromatic N) is 1. The largest absolute Gasteiger partial charge is 0.382 e. The maximum absolute atomic E-state index is 6.43. The van der Waals surface area contributed by atoms with E-state index in [-0.39, 0.29) is 0 Å². The van der Waals surface area contributed by atoms with Gasteiger partial charge in [-0.3, -0.25) is 0 Å². The summed E-state index contributed by atoms with van der Waals surface area (Å²) in [6.45, 7) is 8.97. The van der Waals surface area contributed by atoms with E-state index in [0.29, 0.717) is 12.5 Å². The van der Waals surface area contributed by atoms with E-state index in [4.69, 9.17) is 10.5 Å². The van der Waals surface area contributed by atoms with Crippen LogP contribution in [-0.4, -0.2) is 18.7 Å². The maximum Gasteiger partial charge on any atom is 0.116 e. The molecule has 0 radical (unpaired) electrons. The highest BCUT2D eigenvalue weighted by molar-refractivity contribution is 7.11. The third-order valence-corrected chi connectivity index (χ3v) is 4.25. The van der Waals surface area contributed by atoms with Gasteiger partial charge in [-0.2, -0.15) is 0 Å². The predicted octanol–water partition coefficient (Wildman–Crippen LogP) is 2.47. The smallest absolute Gasteiger partial charge is 0.116 e. The van der Waals surface area contributed by atoms with Gasteiger partial charge in [-0.1, -0.05) is 20.8 Å². The number of hydrogen-bond donors (Lipinski definition) is 1. The summed E-state index contributed by atoms with van der Waals surface area (Å²) in [5.74, 6) is 0.308. The molecule has 1 aromatic rings. The summed E-state index contributed by atoms with van der Waals surface area (Å²) in [5, 5.41) is 0.999. The molecular formula is C12H22N2OS. The first-order chi connectivity index (χ1) is 7.45. The molecule has 4 heteroatoms. The first-order valence-electron chi connectivity index (χ1n) is 5.70. The second-order valence-corrected chi connectivity index (χ2v) is 5.71. The van der Waals surface area contributed by atoms with Crippen LogP contribution in [0.2, 0.25) is 0 Å². The third kappa shape index (κ3) is 2.44. The summed E-state index contributed by atoms with van der Waals surface area (Å²) in [6, 6.07) is 0. The van der Waals surface area contributed by atoms with Crippen LogP contribution in [0, 0.1) is 12.8 Å². The van der Waals surface area contributed by atoms with Gasteiger partial charge in [-0.15, -0.1) is 11.3 Å². The molecule has 0 spiro atoms. The van der Waals surface area contributed by atoms with E-state index in [9.17, 15) is 0 Å². The topological polar surface area (TPSA) is 48.1 Å². The Balaban J connectivity index is 3.11. The van der Waals surface area contributed by atoms with Crippen molar-refractivity contribution in [2.75, 3.05) is 13.7 Å². The van der Waals surface area contributed by atoms with Gasteiger partial charge in [-0.25, -0.2) is 4.98 Å². The molecule has 1 heterocycles. The molecule has 0 fully saturated rings. The van der Waals surface area contributed by atoms with Crippen molar-refractivity contribution in [1.82, 2.24) is 4.98 Å². The Labute approximate surface area is 102 Å². The summed E-state index contributed by atoms with van der Waals surface area (Å²) in [6.07, 6.45) is 0.962. The molecule has 0 aliphatic heterocycles. The van der Waals surface area contributed by atoms with Crippen molar-refractivity contribution in [2.45, 2.75) is 39.7 Å². The first kappa shape index (κ1) is 13.6. The average molecular weight is 242 g/mol. The van der Waals surface area contributed by atoms with Gasteiger partial charge in [0.2, 0.25) is 0 Å². The summed E-state index contributed by atoms with van der Waals surface area (Å²) in [5.41, 5.74) is 7.13. The second kappa shape index (κ2) is 5.25. The zero-order valence-electron chi connectivity index (χ0n) is 10.8. The molecule has 1 rings (SSSR count). The first-order valence-corrected chi connectivity index (χ1v) is 6.52. The Morgan fingerprint density at radius 3 is 2.50 bits per heavy atom. The molecular weight excluding hydrogens is 220 g/mol. The molecule has 0 aromatic carbocycles. The molecule has 0 amide bonds. The zero-order valence-corrected chi connectivity index (χ0v) is 11.6. The number of hydrogen-bond acceptors (Lipinski definition) is 4. The normalized spacial score (nSPS) is 15.4. The minimum Gasteiger partial charge on any atom is -0.382 e. The number of thiazole rings is 1. The summed E-state index contributed by atoms with van der Waals surface area (Å²) in [4.78, 5) is 5.92. The van der Waals surface area contributed by atoms with Gasteiger partial charge in [0.25, 0.3) is 0 Å². The standard InChI is InChI=1S/C12H22N2OS/c1-6-10-9(4)16-11(14-10)12(13,7-15-5)8(2)3/h8H,6-7,13H2,1-5H3. The molecule has 16 heavy (non-hydrogen) atoms. The van der Waals surface area contributed by atoms with E-state index in [1.54, 1.807) is 18.4 Å². The molecule has 1 aromatic heterocycles. The van der Waals surface area contributed by atoms with Crippen molar-refractivity contribution in [3.8, 4) is 0 Å². The van der Waals surface area contributed by atoms with Gasteiger partial charge >= 0.3 is 0 Å². The van der Waals surface area contributed by atoms with Crippen LogP contribution in [-0.2, 0) is 16.7 Å². The number of aryl methyl sites for hydroxylation is 2. The minimum atomic E-state index is -0.461. The molecule has 92 valence electrons. The van der Waals surface area contributed by atoms with Crippen molar-refractivity contribution in [3.05, 3.63) is 15.6 Å². The molecule has 0 bridgehead atoms. The summed E-state index contributed by atoms with van der Waals surface area (Å²) >= 11 is 1.70. The molecule has 0 aliphatic carbocycles.